The second-order valence-corrected chi connectivity index (χ2v) is 8.05. The Morgan fingerprint density at radius 2 is 1.74 bits per heavy atom. The molecule has 0 aliphatic heterocycles. The van der Waals surface area contributed by atoms with E-state index in [9.17, 15) is 23.6 Å². The lowest BCUT2D eigenvalue weighted by Crippen LogP contribution is -2.44. The summed E-state index contributed by atoms with van der Waals surface area (Å²) in [5, 5.41) is 0. The molecule has 0 saturated carbocycles. The highest BCUT2D eigenvalue weighted by Crippen LogP contribution is 2.20. The highest BCUT2D eigenvalue weighted by atomic mass is 19.1. The summed E-state index contributed by atoms with van der Waals surface area (Å²) in [5.74, 6) is -2.31. The van der Waals surface area contributed by atoms with E-state index in [0.29, 0.717) is 0 Å². The molecule has 0 unspecified atom stereocenters. The lowest BCUT2D eigenvalue weighted by atomic mass is 10.2. The van der Waals surface area contributed by atoms with E-state index in [2.05, 4.69) is 4.98 Å². The lowest BCUT2D eigenvalue weighted by molar-refractivity contribution is -0.121. The van der Waals surface area contributed by atoms with Gasteiger partial charge in [-0.05, 0) is 35.7 Å². The molecule has 0 atom stereocenters. The third-order valence-electron chi connectivity index (χ3n) is 4.92. The van der Waals surface area contributed by atoms with Gasteiger partial charge in [0.1, 0.15) is 11.6 Å². The Hall–Kier alpha value is -4.21. The first-order chi connectivity index (χ1) is 16.2. The molecule has 0 saturated heterocycles. The van der Waals surface area contributed by atoms with Crippen molar-refractivity contribution < 1.29 is 18.7 Å². The molecule has 0 radical (unpaired) electrons. The lowest BCUT2D eigenvalue weighted by Gasteiger charge is -2.26. The maximum atomic E-state index is 13.1. The Bertz CT molecular complexity index is 1280. The molecular weight excluding hydrogens is 443 g/mol. The molecule has 3 aromatic rings. The summed E-state index contributed by atoms with van der Waals surface area (Å²) in [7, 11) is 0. The summed E-state index contributed by atoms with van der Waals surface area (Å²) in [6.07, 6.45) is 0. The number of anilines is 2. The van der Waals surface area contributed by atoms with Crippen molar-refractivity contribution in [1.82, 2.24) is 9.55 Å². The summed E-state index contributed by atoms with van der Waals surface area (Å²) in [6, 6.07) is 13.7. The number of hydrogen-bond acceptors (Lipinski definition) is 6. The number of ether oxygens (including phenoxy) is 1. The summed E-state index contributed by atoms with van der Waals surface area (Å²) in [5.41, 5.74) is 5.31. The van der Waals surface area contributed by atoms with Gasteiger partial charge < -0.3 is 15.4 Å². The molecule has 0 fully saturated rings. The van der Waals surface area contributed by atoms with Gasteiger partial charge in [0.15, 0.2) is 12.3 Å². The van der Waals surface area contributed by atoms with E-state index in [0.717, 1.165) is 27.2 Å². The number of hydrogen-bond donors (Lipinski definition) is 2. The van der Waals surface area contributed by atoms with Gasteiger partial charge in [-0.2, -0.15) is 0 Å². The van der Waals surface area contributed by atoms with E-state index in [1.54, 1.807) is 24.3 Å². The number of rotatable bonds is 8. The predicted octanol–water partition coefficient (Wildman–Crippen LogP) is 2.15. The van der Waals surface area contributed by atoms with Crippen molar-refractivity contribution in [3.05, 3.63) is 92.4 Å². The van der Waals surface area contributed by atoms with Crippen LogP contribution in [-0.2, 0) is 16.1 Å². The molecule has 178 valence electrons. The number of nitrogens with two attached hydrogens (primary N) is 1. The monoisotopic (exact) mass is 468 g/mol. The van der Waals surface area contributed by atoms with Gasteiger partial charge in [0, 0.05) is 6.54 Å². The van der Waals surface area contributed by atoms with Crippen LogP contribution in [0, 0.1) is 11.7 Å². The third-order valence-corrected chi connectivity index (χ3v) is 4.92. The van der Waals surface area contributed by atoms with Crippen LogP contribution in [0.25, 0.3) is 0 Å². The summed E-state index contributed by atoms with van der Waals surface area (Å²) in [4.78, 5) is 53.7. The molecule has 0 aliphatic rings. The average Bonchev–Trinajstić information content (AvgIpc) is 2.80. The number of nitrogen functional groups attached to an aromatic ring is 1. The SMILES string of the molecule is CC(C)CN(C(=O)COC(=O)c1ccc(F)cc1)c1c(N)n(Cc2ccccc2)c(=O)[nH]c1=O. The number of nitrogens with one attached hydrogen (secondary N) is 1. The first-order valence-electron chi connectivity index (χ1n) is 10.6. The van der Waals surface area contributed by atoms with Crippen molar-refractivity contribution in [1.29, 1.82) is 0 Å². The summed E-state index contributed by atoms with van der Waals surface area (Å²) in [6.45, 7) is 3.15. The predicted molar refractivity (Wildman–Crippen MR) is 125 cm³/mol. The minimum absolute atomic E-state index is 0.0679. The van der Waals surface area contributed by atoms with Crippen molar-refractivity contribution in [2.24, 2.45) is 5.92 Å². The van der Waals surface area contributed by atoms with Crippen molar-refractivity contribution in [3.63, 3.8) is 0 Å². The van der Waals surface area contributed by atoms with Crippen LogP contribution in [0.1, 0.15) is 29.8 Å². The highest BCUT2D eigenvalue weighted by molar-refractivity contribution is 5.98. The molecular formula is C24H25FN4O5. The van der Waals surface area contributed by atoms with Gasteiger partial charge >= 0.3 is 11.7 Å². The maximum absolute atomic E-state index is 13.1. The van der Waals surface area contributed by atoms with Gasteiger partial charge in [0.05, 0.1) is 12.1 Å². The van der Waals surface area contributed by atoms with Gasteiger partial charge in [-0.15, -0.1) is 0 Å². The zero-order chi connectivity index (χ0) is 24.8. The molecule has 10 heteroatoms. The Kier molecular flexibility index (Phi) is 7.62. The second-order valence-electron chi connectivity index (χ2n) is 8.05. The van der Waals surface area contributed by atoms with Crippen LogP contribution >= 0.6 is 0 Å². The number of aromatic nitrogens is 2. The normalized spacial score (nSPS) is 10.8. The second kappa shape index (κ2) is 10.6. The fourth-order valence-electron chi connectivity index (χ4n) is 3.32. The number of carbonyl (C=O) groups is 2. The van der Waals surface area contributed by atoms with Crippen molar-refractivity contribution in [2.75, 3.05) is 23.8 Å². The Labute approximate surface area is 194 Å². The summed E-state index contributed by atoms with van der Waals surface area (Å²) < 4.78 is 19.3. The molecule has 3 N–H and O–H groups in total. The quantitative estimate of drug-likeness (QED) is 0.488. The highest BCUT2D eigenvalue weighted by Gasteiger charge is 2.26. The van der Waals surface area contributed by atoms with Crippen LogP contribution < -0.4 is 21.9 Å². The van der Waals surface area contributed by atoms with Crippen LogP contribution in [-0.4, -0.2) is 34.6 Å². The van der Waals surface area contributed by atoms with E-state index in [1.807, 2.05) is 19.9 Å². The molecule has 0 bridgehead atoms. The standard InChI is InChI=1S/C24H25FN4O5/c1-15(2)12-28(19(30)14-34-23(32)17-8-10-18(25)11-9-17)20-21(26)29(24(33)27-22(20)31)13-16-6-4-3-5-7-16/h3-11,15H,12-14,26H2,1-2H3,(H,27,31,33). The first-order valence-corrected chi connectivity index (χ1v) is 10.6. The maximum Gasteiger partial charge on any atom is 0.338 e. The number of halogens is 1. The topological polar surface area (TPSA) is 127 Å². The Balaban J connectivity index is 1.90. The minimum Gasteiger partial charge on any atom is -0.452 e. The number of aromatic amines is 1. The molecule has 2 aromatic carbocycles. The van der Waals surface area contributed by atoms with Gasteiger partial charge in [-0.3, -0.25) is 19.1 Å². The molecule has 0 spiro atoms. The number of amides is 1. The molecule has 3 rings (SSSR count). The number of esters is 1. The van der Waals surface area contributed by atoms with Crippen LogP contribution in [0.2, 0.25) is 0 Å². The third kappa shape index (κ3) is 5.77. The van der Waals surface area contributed by atoms with Crippen LogP contribution in [0.15, 0.2) is 64.2 Å². The van der Waals surface area contributed by atoms with Crippen LogP contribution in [0.4, 0.5) is 15.9 Å². The van der Waals surface area contributed by atoms with E-state index in [-0.39, 0.29) is 36.1 Å². The zero-order valence-electron chi connectivity index (χ0n) is 18.8. The van der Waals surface area contributed by atoms with Crippen molar-refractivity contribution >= 4 is 23.4 Å². The molecule has 9 nitrogen and oxygen atoms in total. The minimum atomic E-state index is -0.828. The first kappa shape index (κ1) is 24.4. The van der Waals surface area contributed by atoms with Crippen LogP contribution in [0.3, 0.4) is 0 Å². The van der Waals surface area contributed by atoms with Crippen LogP contribution in [0.5, 0.6) is 0 Å². The molecule has 1 aromatic heterocycles. The molecule has 0 aliphatic carbocycles. The fourth-order valence-corrected chi connectivity index (χ4v) is 3.32. The summed E-state index contributed by atoms with van der Waals surface area (Å²) >= 11 is 0. The number of nitrogens with zero attached hydrogens (tertiary/aromatic N) is 2. The molecule has 34 heavy (non-hydrogen) atoms. The van der Waals surface area contributed by atoms with E-state index < -0.39 is 35.5 Å². The van der Waals surface area contributed by atoms with Gasteiger partial charge in [0.25, 0.3) is 11.5 Å². The number of carbonyl (C=O) groups excluding carboxylic acids is 2. The van der Waals surface area contributed by atoms with Crippen molar-refractivity contribution in [2.45, 2.75) is 20.4 Å². The number of benzene rings is 2. The molecule has 1 amide bonds. The zero-order valence-corrected chi connectivity index (χ0v) is 18.8. The van der Waals surface area contributed by atoms with Gasteiger partial charge in [0.2, 0.25) is 0 Å². The largest absolute Gasteiger partial charge is 0.452 e. The van der Waals surface area contributed by atoms with Gasteiger partial charge in [-0.25, -0.2) is 14.0 Å². The number of H-pyrrole nitrogens is 1. The van der Waals surface area contributed by atoms with E-state index in [4.69, 9.17) is 10.5 Å². The smallest absolute Gasteiger partial charge is 0.338 e. The Morgan fingerprint density at radius 3 is 2.35 bits per heavy atom. The van der Waals surface area contributed by atoms with E-state index in [1.165, 1.54) is 12.1 Å². The molecule has 1 heterocycles. The van der Waals surface area contributed by atoms with Gasteiger partial charge in [-0.1, -0.05) is 44.2 Å². The fraction of sp³-hybridized carbons (Fsp3) is 0.250. The average molecular weight is 468 g/mol. The van der Waals surface area contributed by atoms with Crippen molar-refractivity contribution in [3.8, 4) is 0 Å². The van der Waals surface area contributed by atoms with E-state index >= 15 is 0 Å². The Morgan fingerprint density at radius 1 is 1.09 bits per heavy atom.